The van der Waals surface area contributed by atoms with Gasteiger partial charge in [0.2, 0.25) is 5.91 Å². The van der Waals surface area contributed by atoms with Gasteiger partial charge in [-0.2, -0.15) is 0 Å². The zero-order valence-corrected chi connectivity index (χ0v) is 13.2. The van der Waals surface area contributed by atoms with Crippen LogP contribution in [0.25, 0.3) is 0 Å². The number of rotatable bonds is 5. The van der Waals surface area contributed by atoms with E-state index in [9.17, 15) is 4.79 Å². The summed E-state index contributed by atoms with van der Waals surface area (Å²) in [4.78, 5) is 19.3. The van der Waals surface area contributed by atoms with Crippen molar-refractivity contribution >= 4 is 23.4 Å². The van der Waals surface area contributed by atoms with Crippen LogP contribution in [-0.4, -0.2) is 41.2 Å². The maximum absolute atomic E-state index is 11.1. The predicted molar refractivity (Wildman–Crippen MR) is 86.4 cm³/mol. The lowest BCUT2D eigenvalue weighted by Gasteiger charge is -2.26. The van der Waals surface area contributed by atoms with E-state index in [4.69, 9.17) is 5.73 Å². The Morgan fingerprint density at radius 2 is 1.64 bits per heavy atom. The molecule has 2 rings (SSSR count). The van der Waals surface area contributed by atoms with E-state index in [2.05, 4.69) is 15.2 Å². The third kappa shape index (κ3) is 3.30. The minimum atomic E-state index is -0.495. The second kappa shape index (κ2) is 6.38. The number of amides is 1. The van der Waals surface area contributed by atoms with Crippen LogP contribution in [0.4, 0.5) is 17.5 Å². The van der Waals surface area contributed by atoms with Crippen molar-refractivity contribution < 1.29 is 4.79 Å². The van der Waals surface area contributed by atoms with E-state index in [1.54, 1.807) is 12.1 Å². The first-order chi connectivity index (χ1) is 10.4. The van der Waals surface area contributed by atoms with Crippen molar-refractivity contribution in [1.82, 2.24) is 15.2 Å². The van der Waals surface area contributed by atoms with Gasteiger partial charge in [0.15, 0.2) is 11.6 Å². The Morgan fingerprint density at radius 3 is 2.05 bits per heavy atom. The summed E-state index contributed by atoms with van der Waals surface area (Å²) in [5, 5.41) is 8.44. The van der Waals surface area contributed by atoms with E-state index in [0.717, 1.165) is 5.82 Å². The largest absolute Gasteiger partial charge is 0.366 e. The quantitative estimate of drug-likeness (QED) is 0.902. The summed E-state index contributed by atoms with van der Waals surface area (Å²) in [6.07, 6.45) is 1.47. The van der Waals surface area contributed by atoms with Crippen LogP contribution in [-0.2, 0) is 0 Å². The molecule has 0 aromatic carbocycles. The molecule has 0 aliphatic heterocycles. The van der Waals surface area contributed by atoms with Crippen LogP contribution in [0.5, 0.6) is 0 Å². The van der Waals surface area contributed by atoms with Crippen LogP contribution in [0.1, 0.15) is 24.2 Å². The van der Waals surface area contributed by atoms with Gasteiger partial charge in [-0.05, 0) is 38.1 Å². The summed E-state index contributed by atoms with van der Waals surface area (Å²) in [7, 11) is 3.82. The summed E-state index contributed by atoms with van der Waals surface area (Å²) in [6, 6.07) is 7.33. The molecule has 0 atom stereocenters. The predicted octanol–water partition coefficient (Wildman–Crippen LogP) is 1.58. The van der Waals surface area contributed by atoms with Crippen molar-refractivity contribution in [3.63, 3.8) is 0 Å². The van der Waals surface area contributed by atoms with Gasteiger partial charge in [0.05, 0.1) is 5.56 Å². The smallest absolute Gasteiger partial charge is 0.250 e. The number of primary amides is 1. The first kappa shape index (κ1) is 15.7. The first-order valence-corrected chi connectivity index (χ1v) is 6.96. The molecule has 22 heavy (non-hydrogen) atoms. The fourth-order valence-corrected chi connectivity index (χ4v) is 2.01. The lowest BCUT2D eigenvalue weighted by Crippen LogP contribution is -2.28. The highest BCUT2D eigenvalue weighted by atomic mass is 16.1. The van der Waals surface area contributed by atoms with Crippen LogP contribution in [0.2, 0.25) is 0 Å². The van der Waals surface area contributed by atoms with Crippen molar-refractivity contribution in [2.24, 2.45) is 5.73 Å². The Labute approximate surface area is 129 Å². The fourth-order valence-electron chi connectivity index (χ4n) is 2.01. The zero-order valence-electron chi connectivity index (χ0n) is 13.2. The number of carbonyl (C=O) groups excluding carboxylic acids is 1. The Balaban J connectivity index is 2.35. The molecule has 2 N–H and O–H groups in total. The highest BCUT2D eigenvalue weighted by Crippen LogP contribution is 2.24. The number of carbonyl (C=O) groups is 1. The van der Waals surface area contributed by atoms with Crippen LogP contribution in [0.15, 0.2) is 30.5 Å². The molecule has 0 aliphatic carbocycles. The lowest BCUT2D eigenvalue weighted by molar-refractivity contribution is 0.1000. The second-order valence-electron chi connectivity index (χ2n) is 5.38. The molecule has 0 saturated heterocycles. The second-order valence-corrected chi connectivity index (χ2v) is 5.38. The molecule has 2 aromatic heterocycles. The van der Waals surface area contributed by atoms with Crippen LogP contribution in [0.3, 0.4) is 0 Å². The molecule has 7 heteroatoms. The van der Waals surface area contributed by atoms with Gasteiger partial charge in [-0.25, -0.2) is 4.98 Å². The van der Waals surface area contributed by atoms with E-state index < -0.39 is 5.91 Å². The maximum Gasteiger partial charge on any atom is 0.250 e. The number of hydrogen-bond donors (Lipinski definition) is 1. The van der Waals surface area contributed by atoms with Crippen molar-refractivity contribution in [3.8, 4) is 0 Å². The lowest BCUT2D eigenvalue weighted by atomic mass is 10.2. The molecule has 0 fully saturated rings. The van der Waals surface area contributed by atoms with E-state index >= 15 is 0 Å². The minimum absolute atomic E-state index is 0.131. The third-order valence-corrected chi connectivity index (χ3v) is 3.14. The Kier molecular flexibility index (Phi) is 4.55. The standard InChI is InChI=1S/C15H20N6O/c1-10(2)21(12-6-5-11(9-17-12)15(16)22)14-8-7-13(18-19-14)20(3)4/h5-10H,1-4H3,(H2,16,22). The first-order valence-electron chi connectivity index (χ1n) is 6.96. The number of aromatic nitrogens is 3. The minimum Gasteiger partial charge on any atom is -0.366 e. The Morgan fingerprint density at radius 1 is 1.05 bits per heavy atom. The van der Waals surface area contributed by atoms with Crippen LogP contribution < -0.4 is 15.5 Å². The van der Waals surface area contributed by atoms with Crippen molar-refractivity contribution in [2.45, 2.75) is 19.9 Å². The summed E-state index contributed by atoms with van der Waals surface area (Å²) in [6.45, 7) is 4.07. The van der Waals surface area contributed by atoms with E-state index in [-0.39, 0.29) is 6.04 Å². The fraction of sp³-hybridized carbons (Fsp3) is 0.333. The van der Waals surface area contributed by atoms with E-state index in [1.807, 2.05) is 49.9 Å². The monoisotopic (exact) mass is 300 g/mol. The van der Waals surface area contributed by atoms with Gasteiger partial charge in [-0.3, -0.25) is 4.79 Å². The average Bonchev–Trinajstić information content (AvgIpc) is 2.48. The highest BCUT2D eigenvalue weighted by Gasteiger charge is 2.17. The van der Waals surface area contributed by atoms with Gasteiger partial charge >= 0.3 is 0 Å². The highest BCUT2D eigenvalue weighted by molar-refractivity contribution is 5.92. The molecule has 2 aromatic rings. The number of pyridine rings is 1. The molecule has 2 heterocycles. The van der Waals surface area contributed by atoms with Gasteiger partial charge in [0, 0.05) is 26.3 Å². The van der Waals surface area contributed by atoms with E-state index in [0.29, 0.717) is 17.2 Å². The molecule has 0 bridgehead atoms. The molecule has 1 amide bonds. The van der Waals surface area contributed by atoms with Gasteiger partial charge in [-0.15, -0.1) is 10.2 Å². The van der Waals surface area contributed by atoms with Gasteiger partial charge in [0.1, 0.15) is 5.82 Å². The van der Waals surface area contributed by atoms with Gasteiger partial charge in [-0.1, -0.05) is 0 Å². The summed E-state index contributed by atoms with van der Waals surface area (Å²) in [5.74, 6) is 1.67. The van der Waals surface area contributed by atoms with Gasteiger partial charge in [0.25, 0.3) is 0 Å². The van der Waals surface area contributed by atoms with Crippen molar-refractivity contribution in [3.05, 3.63) is 36.0 Å². The molecule has 0 radical (unpaired) electrons. The Hall–Kier alpha value is -2.70. The SMILES string of the molecule is CC(C)N(c1ccc(C(N)=O)cn1)c1ccc(N(C)C)nn1. The number of nitrogens with zero attached hydrogens (tertiary/aromatic N) is 5. The topological polar surface area (TPSA) is 88.2 Å². The maximum atomic E-state index is 11.1. The van der Waals surface area contributed by atoms with Crippen molar-refractivity contribution in [1.29, 1.82) is 0 Å². The molecule has 0 unspecified atom stereocenters. The summed E-state index contributed by atoms with van der Waals surface area (Å²) >= 11 is 0. The van der Waals surface area contributed by atoms with Crippen molar-refractivity contribution in [2.75, 3.05) is 23.9 Å². The molecule has 0 saturated carbocycles. The summed E-state index contributed by atoms with van der Waals surface area (Å²) in [5.41, 5.74) is 5.61. The molecular formula is C15H20N6O. The normalized spacial score (nSPS) is 10.6. The molecule has 116 valence electrons. The number of hydrogen-bond acceptors (Lipinski definition) is 6. The molecule has 7 nitrogen and oxygen atoms in total. The summed E-state index contributed by atoms with van der Waals surface area (Å²) < 4.78 is 0. The molecular weight excluding hydrogens is 280 g/mol. The molecule has 0 aliphatic rings. The van der Waals surface area contributed by atoms with Gasteiger partial charge < -0.3 is 15.5 Å². The number of anilines is 3. The average molecular weight is 300 g/mol. The number of nitrogens with two attached hydrogens (primary N) is 1. The third-order valence-electron chi connectivity index (χ3n) is 3.14. The van der Waals surface area contributed by atoms with E-state index in [1.165, 1.54) is 6.20 Å². The van der Waals surface area contributed by atoms with Crippen LogP contribution in [0, 0.1) is 0 Å². The van der Waals surface area contributed by atoms with Crippen LogP contribution >= 0.6 is 0 Å². The Bertz CT molecular complexity index is 636. The zero-order chi connectivity index (χ0) is 16.3. The molecule has 0 spiro atoms.